The minimum absolute atomic E-state index is 0.110. The summed E-state index contributed by atoms with van der Waals surface area (Å²) in [7, 11) is -2.24. The second-order valence-electron chi connectivity index (χ2n) is 6.75. The third-order valence-electron chi connectivity index (χ3n) is 4.48. The van der Waals surface area contributed by atoms with Crippen molar-refractivity contribution in [3.63, 3.8) is 0 Å². The Labute approximate surface area is 179 Å². The van der Waals surface area contributed by atoms with Gasteiger partial charge in [0.05, 0.1) is 10.6 Å². The number of hydrogen-bond donors (Lipinski definition) is 1. The molecule has 0 aliphatic rings. The number of rotatable bonds is 6. The van der Waals surface area contributed by atoms with Crippen LogP contribution in [0, 0.1) is 0 Å². The van der Waals surface area contributed by atoms with Gasteiger partial charge in [0, 0.05) is 24.4 Å². The molecule has 4 rings (SSSR count). The SMILES string of the molecule is Cn1nc(-c2cccc(NS(=O)(=O)c3ccc(Oc4ccccc4)cc3)c2)ccc1=O. The van der Waals surface area contributed by atoms with E-state index in [9.17, 15) is 13.2 Å². The largest absolute Gasteiger partial charge is 0.457 e. The van der Waals surface area contributed by atoms with E-state index in [1.165, 1.54) is 22.9 Å². The Kier molecular flexibility index (Phi) is 5.55. The number of aromatic nitrogens is 2. The van der Waals surface area contributed by atoms with Crippen LogP contribution < -0.4 is 15.0 Å². The molecule has 0 atom stereocenters. The van der Waals surface area contributed by atoms with E-state index >= 15 is 0 Å². The molecule has 4 aromatic rings. The first-order chi connectivity index (χ1) is 14.9. The summed E-state index contributed by atoms with van der Waals surface area (Å²) in [6, 6.07) is 25.3. The Balaban J connectivity index is 1.53. The average molecular weight is 433 g/mol. The third kappa shape index (κ3) is 4.81. The van der Waals surface area contributed by atoms with Crippen molar-refractivity contribution in [1.29, 1.82) is 0 Å². The number of benzene rings is 3. The minimum Gasteiger partial charge on any atom is -0.457 e. The van der Waals surface area contributed by atoms with E-state index in [1.807, 2.05) is 30.3 Å². The zero-order chi connectivity index (χ0) is 21.8. The fraction of sp³-hybridized carbons (Fsp3) is 0.0435. The summed E-state index contributed by atoms with van der Waals surface area (Å²) in [4.78, 5) is 11.6. The Morgan fingerprint density at radius 3 is 2.26 bits per heavy atom. The Bertz CT molecular complexity index is 1370. The van der Waals surface area contributed by atoms with Crippen molar-refractivity contribution in [3.8, 4) is 22.8 Å². The lowest BCUT2D eigenvalue weighted by Gasteiger charge is -2.11. The van der Waals surface area contributed by atoms with Gasteiger partial charge >= 0.3 is 0 Å². The van der Waals surface area contributed by atoms with E-state index < -0.39 is 10.0 Å². The summed E-state index contributed by atoms with van der Waals surface area (Å²) in [6.07, 6.45) is 0. The molecule has 31 heavy (non-hydrogen) atoms. The third-order valence-corrected chi connectivity index (χ3v) is 5.88. The zero-order valence-electron chi connectivity index (χ0n) is 16.6. The highest BCUT2D eigenvalue weighted by molar-refractivity contribution is 7.92. The van der Waals surface area contributed by atoms with Crippen LogP contribution in [0.25, 0.3) is 11.3 Å². The van der Waals surface area contributed by atoms with Crippen LogP contribution in [0.3, 0.4) is 0 Å². The molecule has 8 heteroatoms. The van der Waals surface area contributed by atoms with E-state index in [4.69, 9.17) is 4.74 Å². The van der Waals surface area contributed by atoms with E-state index in [0.717, 1.165) is 0 Å². The standard InChI is InChI=1S/C23H19N3O4S/c1-26-23(27)15-14-22(24-26)17-6-5-7-18(16-17)25-31(28,29)21-12-10-20(11-13-21)30-19-8-3-2-4-9-19/h2-16,25H,1H3. The average Bonchev–Trinajstić information content (AvgIpc) is 2.77. The molecule has 3 aromatic carbocycles. The molecule has 7 nitrogen and oxygen atoms in total. The maximum atomic E-state index is 12.8. The van der Waals surface area contributed by atoms with Gasteiger partial charge in [-0.15, -0.1) is 0 Å². The molecular formula is C23H19N3O4S. The first kappa shape index (κ1) is 20.4. The van der Waals surface area contributed by atoms with Gasteiger partial charge in [0.1, 0.15) is 11.5 Å². The number of nitrogens with zero attached hydrogens (tertiary/aromatic N) is 2. The summed E-state index contributed by atoms with van der Waals surface area (Å²) < 4.78 is 35.1. The molecule has 0 bridgehead atoms. The normalized spacial score (nSPS) is 11.1. The lowest BCUT2D eigenvalue weighted by molar-refractivity contribution is 0.482. The van der Waals surface area contributed by atoms with E-state index in [0.29, 0.717) is 28.4 Å². The van der Waals surface area contributed by atoms with Crippen molar-refractivity contribution in [2.75, 3.05) is 4.72 Å². The molecular weight excluding hydrogens is 414 g/mol. The summed E-state index contributed by atoms with van der Waals surface area (Å²) in [5.74, 6) is 1.20. The van der Waals surface area contributed by atoms with Gasteiger partial charge in [-0.2, -0.15) is 5.10 Å². The number of aryl methyl sites for hydroxylation is 1. The molecule has 0 saturated carbocycles. The fourth-order valence-corrected chi connectivity index (χ4v) is 3.97. The summed E-state index contributed by atoms with van der Waals surface area (Å²) in [6.45, 7) is 0. The van der Waals surface area contributed by atoms with Crippen LogP contribution in [0.2, 0.25) is 0 Å². The Morgan fingerprint density at radius 1 is 0.839 bits per heavy atom. The molecule has 156 valence electrons. The number of ether oxygens (including phenoxy) is 1. The first-order valence-electron chi connectivity index (χ1n) is 9.41. The molecule has 0 saturated heterocycles. The number of nitrogens with one attached hydrogen (secondary N) is 1. The highest BCUT2D eigenvalue weighted by atomic mass is 32.2. The van der Waals surface area contributed by atoms with E-state index in [-0.39, 0.29) is 10.5 Å². The van der Waals surface area contributed by atoms with Gasteiger partial charge in [-0.3, -0.25) is 9.52 Å². The van der Waals surface area contributed by atoms with Gasteiger partial charge in [0.2, 0.25) is 0 Å². The quantitative estimate of drug-likeness (QED) is 0.496. The molecule has 0 amide bonds. The number of sulfonamides is 1. The Morgan fingerprint density at radius 2 is 1.55 bits per heavy atom. The van der Waals surface area contributed by atoms with Crippen molar-refractivity contribution >= 4 is 15.7 Å². The molecule has 0 radical (unpaired) electrons. The maximum absolute atomic E-state index is 12.8. The minimum atomic E-state index is -3.80. The van der Waals surface area contributed by atoms with Crippen molar-refractivity contribution in [2.45, 2.75) is 4.90 Å². The summed E-state index contributed by atoms with van der Waals surface area (Å²) >= 11 is 0. The Hall–Kier alpha value is -3.91. The lowest BCUT2D eigenvalue weighted by Crippen LogP contribution is -2.18. The number of para-hydroxylation sites is 1. The van der Waals surface area contributed by atoms with Gasteiger partial charge < -0.3 is 4.74 Å². The number of hydrogen-bond acceptors (Lipinski definition) is 5. The predicted octanol–water partition coefficient (Wildman–Crippen LogP) is 4.04. The van der Waals surface area contributed by atoms with Crippen LogP contribution in [0.1, 0.15) is 0 Å². The van der Waals surface area contributed by atoms with Crippen molar-refractivity contribution in [3.05, 3.63) is 101 Å². The molecule has 0 fully saturated rings. The van der Waals surface area contributed by atoms with E-state index in [2.05, 4.69) is 9.82 Å². The van der Waals surface area contributed by atoms with Gasteiger partial charge in [-0.25, -0.2) is 13.1 Å². The molecule has 0 aliphatic heterocycles. The molecule has 1 aromatic heterocycles. The van der Waals surface area contributed by atoms with Crippen molar-refractivity contribution in [1.82, 2.24) is 9.78 Å². The van der Waals surface area contributed by atoms with Gasteiger partial charge in [-0.1, -0.05) is 30.3 Å². The highest BCUT2D eigenvalue weighted by Crippen LogP contribution is 2.25. The summed E-state index contributed by atoms with van der Waals surface area (Å²) in [5.41, 5.74) is 1.41. The van der Waals surface area contributed by atoms with Crippen LogP contribution in [0.15, 0.2) is 101 Å². The van der Waals surface area contributed by atoms with E-state index in [1.54, 1.807) is 49.5 Å². The first-order valence-corrected chi connectivity index (χ1v) is 10.9. The van der Waals surface area contributed by atoms with Crippen molar-refractivity contribution in [2.24, 2.45) is 7.05 Å². The fourth-order valence-electron chi connectivity index (χ4n) is 2.92. The molecule has 0 aliphatic carbocycles. The van der Waals surface area contributed by atoms with Gasteiger partial charge in [-0.05, 0) is 54.6 Å². The van der Waals surface area contributed by atoms with Crippen LogP contribution in [-0.4, -0.2) is 18.2 Å². The van der Waals surface area contributed by atoms with Crippen LogP contribution >= 0.6 is 0 Å². The monoisotopic (exact) mass is 433 g/mol. The molecule has 1 heterocycles. The molecule has 0 unspecified atom stereocenters. The van der Waals surface area contributed by atoms with Crippen molar-refractivity contribution < 1.29 is 13.2 Å². The second kappa shape index (κ2) is 8.45. The smallest absolute Gasteiger partial charge is 0.266 e. The topological polar surface area (TPSA) is 90.3 Å². The molecule has 0 spiro atoms. The zero-order valence-corrected chi connectivity index (χ0v) is 17.4. The second-order valence-corrected chi connectivity index (χ2v) is 8.44. The molecule has 1 N–H and O–H groups in total. The van der Waals surface area contributed by atoms with Gasteiger partial charge in [0.25, 0.3) is 15.6 Å². The number of anilines is 1. The van der Waals surface area contributed by atoms with Gasteiger partial charge in [0.15, 0.2) is 0 Å². The van der Waals surface area contributed by atoms with Crippen LogP contribution in [-0.2, 0) is 17.1 Å². The lowest BCUT2D eigenvalue weighted by atomic mass is 10.1. The van der Waals surface area contributed by atoms with Crippen LogP contribution in [0.4, 0.5) is 5.69 Å². The maximum Gasteiger partial charge on any atom is 0.266 e. The van der Waals surface area contributed by atoms with Crippen LogP contribution in [0.5, 0.6) is 11.5 Å². The highest BCUT2D eigenvalue weighted by Gasteiger charge is 2.15. The summed E-state index contributed by atoms with van der Waals surface area (Å²) in [5, 5.41) is 4.20. The predicted molar refractivity (Wildman–Crippen MR) is 119 cm³/mol.